The predicted molar refractivity (Wildman–Crippen MR) is 129 cm³/mol. The van der Waals surface area contributed by atoms with Crippen molar-refractivity contribution in [3.05, 3.63) is 120 Å². The van der Waals surface area contributed by atoms with E-state index >= 15 is 0 Å². The topological polar surface area (TPSA) is 39.2 Å². The molecule has 0 N–H and O–H groups in total. The summed E-state index contributed by atoms with van der Waals surface area (Å²) in [6.45, 7) is 2.05. The molecule has 0 atom stereocenters. The van der Waals surface area contributed by atoms with Crippen molar-refractivity contribution in [2.45, 2.75) is 6.92 Å². The lowest BCUT2D eigenvalue weighted by atomic mass is 10.0. The number of esters is 1. The Morgan fingerprint density at radius 2 is 1.31 bits per heavy atom. The SMILES string of the molecule is Cc1ccc(-c2cc(C(=O)Oc3ccc(-c4ccccc4)cc3)c3ccccc3n2)cc1. The maximum absolute atomic E-state index is 13.2. The first-order valence-electron chi connectivity index (χ1n) is 10.5. The predicted octanol–water partition coefficient (Wildman–Crippen LogP) is 7.10. The van der Waals surface area contributed by atoms with Gasteiger partial charge in [0.25, 0.3) is 0 Å². The van der Waals surface area contributed by atoms with Crippen LogP contribution in [0.2, 0.25) is 0 Å². The number of rotatable bonds is 4. The van der Waals surface area contributed by atoms with E-state index in [1.54, 1.807) is 0 Å². The number of pyridine rings is 1. The van der Waals surface area contributed by atoms with Crippen LogP contribution in [0, 0.1) is 6.92 Å². The zero-order valence-electron chi connectivity index (χ0n) is 17.7. The first kappa shape index (κ1) is 19.7. The molecule has 4 aromatic carbocycles. The summed E-state index contributed by atoms with van der Waals surface area (Å²) in [4.78, 5) is 17.9. The lowest BCUT2D eigenvalue weighted by molar-refractivity contribution is 0.0737. The van der Waals surface area contributed by atoms with E-state index in [-0.39, 0.29) is 0 Å². The van der Waals surface area contributed by atoms with E-state index in [1.165, 1.54) is 5.56 Å². The minimum absolute atomic E-state index is 0.399. The summed E-state index contributed by atoms with van der Waals surface area (Å²) in [5, 5.41) is 0.772. The van der Waals surface area contributed by atoms with Crippen LogP contribution in [0.25, 0.3) is 33.3 Å². The normalized spacial score (nSPS) is 10.8. The summed E-state index contributed by atoms with van der Waals surface area (Å²) >= 11 is 0. The van der Waals surface area contributed by atoms with Crippen molar-refractivity contribution in [2.75, 3.05) is 0 Å². The highest BCUT2D eigenvalue weighted by Gasteiger charge is 2.16. The summed E-state index contributed by atoms with van der Waals surface area (Å²) in [6, 6.07) is 35.2. The first-order chi connectivity index (χ1) is 15.7. The summed E-state index contributed by atoms with van der Waals surface area (Å²) in [7, 11) is 0. The van der Waals surface area contributed by atoms with E-state index in [4.69, 9.17) is 9.72 Å². The van der Waals surface area contributed by atoms with Gasteiger partial charge < -0.3 is 4.74 Å². The number of ether oxygens (including phenoxy) is 1. The Bertz CT molecular complexity index is 1390. The van der Waals surface area contributed by atoms with Crippen molar-refractivity contribution < 1.29 is 9.53 Å². The van der Waals surface area contributed by atoms with Gasteiger partial charge in [-0.25, -0.2) is 9.78 Å². The van der Waals surface area contributed by atoms with Gasteiger partial charge in [-0.1, -0.05) is 90.5 Å². The Balaban J connectivity index is 1.48. The lowest BCUT2D eigenvalue weighted by Gasteiger charge is -2.11. The van der Waals surface area contributed by atoms with Crippen molar-refractivity contribution in [1.29, 1.82) is 0 Å². The van der Waals surface area contributed by atoms with Gasteiger partial charge in [0.05, 0.1) is 16.8 Å². The van der Waals surface area contributed by atoms with Crippen LogP contribution < -0.4 is 4.74 Å². The minimum Gasteiger partial charge on any atom is -0.423 e. The largest absolute Gasteiger partial charge is 0.423 e. The van der Waals surface area contributed by atoms with E-state index in [9.17, 15) is 4.79 Å². The Morgan fingerprint density at radius 3 is 2.06 bits per heavy atom. The number of aromatic nitrogens is 1. The van der Waals surface area contributed by atoms with Crippen molar-refractivity contribution >= 4 is 16.9 Å². The van der Waals surface area contributed by atoms with Gasteiger partial charge >= 0.3 is 5.97 Å². The van der Waals surface area contributed by atoms with Crippen molar-refractivity contribution in [3.63, 3.8) is 0 Å². The summed E-state index contributed by atoms with van der Waals surface area (Å²) in [5.74, 6) is 0.108. The highest BCUT2D eigenvalue weighted by molar-refractivity contribution is 6.05. The van der Waals surface area contributed by atoms with Crippen LogP contribution in [0.4, 0.5) is 0 Å². The number of para-hydroxylation sites is 1. The molecule has 1 heterocycles. The molecule has 0 aliphatic rings. The molecule has 3 heteroatoms. The van der Waals surface area contributed by atoms with Crippen LogP contribution >= 0.6 is 0 Å². The van der Waals surface area contributed by atoms with Gasteiger partial charge in [0.15, 0.2) is 0 Å². The summed E-state index contributed by atoms with van der Waals surface area (Å²) in [5.41, 5.74) is 6.33. The fourth-order valence-electron chi connectivity index (χ4n) is 3.72. The average Bonchev–Trinajstić information content (AvgIpc) is 2.85. The number of fused-ring (bicyclic) bond motifs is 1. The molecule has 3 nitrogen and oxygen atoms in total. The molecule has 154 valence electrons. The zero-order valence-corrected chi connectivity index (χ0v) is 17.7. The number of aryl methyl sites for hydroxylation is 1. The average molecular weight is 415 g/mol. The highest BCUT2D eigenvalue weighted by atomic mass is 16.5. The number of carbonyl (C=O) groups excluding carboxylic acids is 1. The van der Waals surface area contributed by atoms with Crippen LogP contribution in [0.3, 0.4) is 0 Å². The molecule has 0 fully saturated rings. The van der Waals surface area contributed by atoms with E-state index < -0.39 is 5.97 Å². The third-order valence-electron chi connectivity index (χ3n) is 5.46. The molecule has 0 unspecified atom stereocenters. The van der Waals surface area contributed by atoms with Gasteiger partial charge in [-0.3, -0.25) is 0 Å². The minimum atomic E-state index is -0.399. The molecule has 0 bridgehead atoms. The molecule has 5 aromatic rings. The second-order valence-electron chi connectivity index (χ2n) is 7.72. The smallest absolute Gasteiger partial charge is 0.344 e. The van der Waals surface area contributed by atoms with E-state index in [2.05, 4.69) is 12.1 Å². The summed E-state index contributed by atoms with van der Waals surface area (Å²) < 4.78 is 5.74. The number of hydrogen-bond donors (Lipinski definition) is 0. The number of benzene rings is 4. The first-order valence-corrected chi connectivity index (χ1v) is 10.5. The van der Waals surface area contributed by atoms with Crippen LogP contribution in [0.15, 0.2) is 109 Å². The van der Waals surface area contributed by atoms with Crippen LogP contribution in [-0.2, 0) is 0 Å². The standard InChI is InChI=1S/C29H21NO2/c1-20-11-13-23(14-12-20)28-19-26(25-9-5-6-10-27(25)30-28)29(31)32-24-17-15-22(16-18-24)21-7-3-2-4-8-21/h2-19H,1H3. The maximum Gasteiger partial charge on any atom is 0.344 e. The number of hydrogen-bond acceptors (Lipinski definition) is 3. The van der Waals surface area contributed by atoms with Gasteiger partial charge in [0, 0.05) is 10.9 Å². The fourth-order valence-corrected chi connectivity index (χ4v) is 3.72. The molecule has 0 aliphatic heterocycles. The molecular weight excluding hydrogens is 394 g/mol. The third-order valence-corrected chi connectivity index (χ3v) is 5.46. The quantitative estimate of drug-likeness (QED) is 0.232. The van der Waals surface area contributed by atoms with E-state index in [1.807, 2.05) is 104 Å². The Hall–Kier alpha value is -4.24. The van der Waals surface area contributed by atoms with Gasteiger partial charge in [0.1, 0.15) is 5.75 Å². The molecule has 0 amide bonds. The highest BCUT2D eigenvalue weighted by Crippen LogP contribution is 2.27. The van der Waals surface area contributed by atoms with Crippen molar-refractivity contribution in [1.82, 2.24) is 4.98 Å². The third kappa shape index (κ3) is 4.01. The van der Waals surface area contributed by atoms with Crippen LogP contribution in [0.5, 0.6) is 5.75 Å². The molecule has 5 rings (SSSR count). The number of nitrogens with zero attached hydrogens (tertiary/aromatic N) is 1. The lowest BCUT2D eigenvalue weighted by Crippen LogP contribution is -2.10. The molecule has 1 aromatic heterocycles. The van der Waals surface area contributed by atoms with Crippen molar-refractivity contribution in [2.24, 2.45) is 0 Å². The van der Waals surface area contributed by atoms with Gasteiger partial charge in [-0.2, -0.15) is 0 Å². The van der Waals surface area contributed by atoms with Gasteiger partial charge in [0.2, 0.25) is 0 Å². The maximum atomic E-state index is 13.2. The fraction of sp³-hybridized carbons (Fsp3) is 0.0345. The molecule has 0 aliphatic carbocycles. The van der Waals surface area contributed by atoms with Gasteiger partial charge in [-0.05, 0) is 42.3 Å². The monoisotopic (exact) mass is 415 g/mol. The van der Waals surface area contributed by atoms with Crippen LogP contribution in [0.1, 0.15) is 15.9 Å². The van der Waals surface area contributed by atoms with Crippen LogP contribution in [-0.4, -0.2) is 11.0 Å². The zero-order chi connectivity index (χ0) is 21.9. The molecule has 0 saturated carbocycles. The van der Waals surface area contributed by atoms with Crippen molar-refractivity contribution in [3.8, 4) is 28.1 Å². The molecule has 0 spiro atoms. The number of carbonyl (C=O) groups is 1. The summed E-state index contributed by atoms with van der Waals surface area (Å²) in [6.07, 6.45) is 0. The molecule has 0 saturated heterocycles. The van der Waals surface area contributed by atoms with E-state index in [0.29, 0.717) is 11.3 Å². The van der Waals surface area contributed by atoms with Gasteiger partial charge in [-0.15, -0.1) is 0 Å². The second kappa shape index (κ2) is 8.48. The molecule has 32 heavy (non-hydrogen) atoms. The Kier molecular flexibility index (Phi) is 5.22. The molecule has 0 radical (unpaired) electrons. The van der Waals surface area contributed by atoms with E-state index in [0.717, 1.165) is 33.3 Å². The second-order valence-corrected chi connectivity index (χ2v) is 7.72. The Labute approximate surface area is 187 Å². The Morgan fingerprint density at radius 1 is 0.688 bits per heavy atom. The molecular formula is C29H21NO2.